The Hall–Kier alpha value is -1.77. The van der Waals surface area contributed by atoms with Crippen LogP contribution in [0.5, 0.6) is 0 Å². The van der Waals surface area contributed by atoms with Crippen LogP contribution in [0.4, 0.5) is 5.69 Å². The molecule has 2 aliphatic heterocycles. The molecule has 0 N–H and O–H groups in total. The van der Waals surface area contributed by atoms with Crippen LogP contribution in [0, 0.1) is 16.7 Å². The normalized spacial score (nSPS) is 25.1. The first-order valence-corrected chi connectivity index (χ1v) is 9.74. The highest BCUT2D eigenvalue weighted by atomic mass is 32.1. The monoisotopic (exact) mass is 368 g/mol. The number of nitrogens with zero attached hydrogens (tertiary/aromatic N) is 4. The van der Waals surface area contributed by atoms with Gasteiger partial charge in [-0.1, -0.05) is 26.1 Å². The van der Waals surface area contributed by atoms with Gasteiger partial charge in [0.2, 0.25) is 0 Å². The third-order valence-electron chi connectivity index (χ3n) is 5.12. The molecule has 0 aromatic heterocycles. The summed E-state index contributed by atoms with van der Waals surface area (Å²) in [6.07, 6.45) is 2.47. The molecule has 4 nitrogen and oxygen atoms in total. The van der Waals surface area contributed by atoms with E-state index in [-0.39, 0.29) is 17.0 Å². The predicted molar refractivity (Wildman–Crippen MR) is 112 cm³/mol. The van der Waals surface area contributed by atoms with Crippen LogP contribution in [-0.2, 0) is 0 Å². The van der Waals surface area contributed by atoms with Crippen LogP contribution in [0.15, 0.2) is 29.3 Å². The maximum atomic E-state index is 9.10. The number of amidine groups is 1. The van der Waals surface area contributed by atoms with E-state index in [1.54, 1.807) is 0 Å². The smallest absolute Gasteiger partial charge is 0.127 e. The van der Waals surface area contributed by atoms with Gasteiger partial charge in [-0.15, -0.1) is 0 Å². The fraction of sp³-hybridized carbons (Fsp3) is 0.571. The van der Waals surface area contributed by atoms with Gasteiger partial charge in [-0.25, -0.2) is 0 Å². The molecule has 2 aliphatic rings. The second-order valence-electron chi connectivity index (χ2n) is 8.81. The Balaban J connectivity index is 2.12. The molecule has 0 aliphatic carbocycles. The van der Waals surface area contributed by atoms with Gasteiger partial charge in [0.25, 0.3) is 0 Å². The maximum Gasteiger partial charge on any atom is 0.127 e. The molecule has 2 fully saturated rings. The Morgan fingerprint density at radius 2 is 1.73 bits per heavy atom. The molecule has 138 valence electrons. The van der Waals surface area contributed by atoms with Crippen LogP contribution in [0.2, 0.25) is 0 Å². The molecule has 1 aromatic carbocycles. The third-order valence-corrected chi connectivity index (χ3v) is 5.83. The van der Waals surface area contributed by atoms with Crippen LogP contribution in [-0.4, -0.2) is 40.4 Å². The van der Waals surface area contributed by atoms with Gasteiger partial charge in [0, 0.05) is 11.1 Å². The number of rotatable bonds is 2. The highest BCUT2D eigenvalue weighted by Gasteiger charge is 2.52. The number of nitriles is 1. The second kappa shape index (κ2) is 6.75. The van der Waals surface area contributed by atoms with Gasteiger partial charge in [0.05, 0.1) is 28.2 Å². The van der Waals surface area contributed by atoms with Crippen LogP contribution in [0.1, 0.15) is 53.0 Å². The van der Waals surface area contributed by atoms with E-state index in [4.69, 9.17) is 22.5 Å². The summed E-state index contributed by atoms with van der Waals surface area (Å²) in [6, 6.07) is 10.0. The molecule has 5 heteroatoms. The Kier molecular flexibility index (Phi) is 4.94. The van der Waals surface area contributed by atoms with E-state index >= 15 is 0 Å². The number of anilines is 1. The highest BCUT2D eigenvalue weighted by Crippen LogP contribution is 2.42. The van der Waals surface area contributed by atoms with Gasteiger partial charge < -0.3 is 0 Å². The van der Waals surface area contributed by atoms with Crippen molar-refractivity contribution in [3.63, 3.8) is 0 Å². The minimum atomic E-state index is -0.186. The summed E-state index contributed by atoms with van der Waals surface area (Å²) in [6.45, 7) is 13.1. The van der Waals surface area contributed by atoms with Crippen molar-refractivity contribution in [2.24, 2.45) is 10.4 Å². The number of hydrogen-bond acceptors (Lipinski definition) is 4. The second-order valence-corrected chi connectivity index (χ2v) is 9.19. The quantitative estimate of drug-likeness (QED) is 0.726. The van der Waals surface area contributed by atoms with Crippen LogP contribution < -0.4 is 4.90 Å². The summed E-state index contributed by atoms with van der Waals surface area (Å²) >= 11 is 5.95. The molecule has 2 saturated heterocycles. The van der Waals surface area contributed by atoms with Crippen molar-refractivity contribution in [3.05, 3.63) is 29.8 Å². The van der Waals surface area contributed by atoms with Crippen molar-refractivity contribution in [1.82, 2.24) is 4.90 Å². The fourth-order valence-corrected chi connectivity index (χ4v) is 4.27. The first-order chi connectivity index (χ1) is 12.1. The van der Waals surface area contributed by atoms with Crippen LogP contribution in [0.3, 0.4) is 0 Å². The number of thiocarbonyl (C=S) groups is 1. The van der Waals surface area contributed by atoms with Gasteiger partial charge in [-0.05, 0) is 71.0 Å². The van der Waals surface area contributed by atoms with Crippen molar-refractivity contribution >= 4 is 28.7 Å². The molecule has 1 aromatic rings. The maximum absolute atomic E-state index is 9.10. The molecule has 0 spiro atoms. The Morgan fingerprint density at radius 1 is 1.15 bits per heavy atom. The highest BCUT2D eigenvalue weighted by molar-refractivity contribution is 7.80. The van der Waals surface area contributed by atoms with E-state index < -0.39 is 0 Å². The van der Waals surface area contributed by atoms with Crippen molar-refractivity contribution in [3.8, 4) is 6.07 Å². The first-order valence-electron chi connectivity index (χ1n) is 9.34. The lowest BCUT2D eigenvalue weighted by atomic mass is 9.86. The standard InChI is InChI=1S/C21H28N4S/c1-20(2,3)23-18-17(24-12-6-7-13-24)21(4,5)19(26)25(18)16-10-8-15(14-22)9-11-16/h8-11,17H,6-7,12-13H2,1-5H3/t17-/m0/s1. The topological polar surface area (TPSA) is 42.6 Å². The third kappa shape index (κ3) is 3.41. The zero-order valence-electron chi connectivity index (χ0n) is 16.4. The molecule has 3 rings (SSSR count). The van der Waals surface area contributed by atoms with E-state index in [9.17, 15) is 0 Å². The van der Waals surface area contributed by atoms with Gasteiger partial charge in [0.15, 0.2) is 0 Å². The van der Waals surface area contributed by atoms with E-state index in [2.05, 4.69) is 50.5 Å². The molecule has 1 atom stereocenters. The molecule has 0 unspecified atom stereocenters. The summed E-state index contributed by atoms with van der Waals surface area (Å²) in [5.74, 6) is 1.04. The SMILES string of the molecule is CC(C)(C)N=C1[C@H](N2CCCC2)C(C)(C)C(=S)N1c1ccc(C#N)cc1. The molecule has 26 heavy (non-hydrogen) atoms. The average molecular weight is 369 g/mol. The number of aliphatic imine (C=N–C) groups is 1. The summed E-state index contributed by atoms with van der Waals surface area (Å²) in [4.78, 5) is 10.7. The largest absolute Gasteiger partial charge is 0.293 e. The molecule has 0 amide bonds. The molecular weight excluding hydrogens is 340 g/mol. The minimum absolute atomic E-state index is 0.169. The number of likely N-dealkylation sites (tertiary alicyclic amines) is 1. The van der Waals surface area contributed by atoms with Crippen molar-refractivity contribution in [2.75, 3.05) is 18.0 Å². The van der Waals surface area contributed by atoms with E-state index in [1.807, 2.05) is 24.3 Å². The molecule has 0 bridgehead atoms. The molecule has 0 radical (unpaired) electrons. The van der Waals surface area contributed by atoms with Crippen molar-refractivity contribution < 1.29 is 0 Å². The van der Waals surface area contributed by atoms with E-state index in [0.29, 0.717) is 5.56 Å². The molecule has 0 saturated carbocycles. The fourth-order valence-electron chi connectivity index (χ4n) is 3.96. The molecule has 2 heterocycles. The molecular formula is C21H28N4S. The predicted octanol–water partition coefficient (Wildman–Crippen LogP) is 4.39. The number of hydrogen-bond donors (Lipinski definition) is 0. The lowest BCUT2D eigenvalue weighted by molar-refractivity contribution is 0.223. The van der Waals surface area contributed by atoms with Gasteiger partial charge in [-0.3, -0.25) is 14.8 Å². The first kappa shape index (κ1) is 19.0. The Bertz CT molecular complexity index is 759. The summed E-state index contributed by atoms with van der Waals surface area (Å²) in [7, 11) is 0. The Labute approximate surface area is 162 Å². The van der Waals surface area contributed by atoms with Crippen LogP contribution >= 0.6 is 12.2 Å². The van der Waals surface area contributed by atoms with Crippen LogP contribution in [0.25, 0.3) is 0 Å². The Morgan fingerprint density at radius 3 is 2.23 bits per heavy atom. The average Bonchev–Trinajstić information content (AvgIpc) is 3.13. The lowest BCUT2D eigenvalue weighted by Crippen LogP contribution is -2.47. The van der Waals surface area contributed by atoms with Crippen molar-refractivity contribution in [2.45, 2.75) is 59.0 Å². The van der Waals surface area contributed by atoms with E-state index in [0.717, 1.165) is 29.6 Å². The van der Waals surface area contributed by atoms with Gasteiger partial charge in [0.1, 0.15) is 5.84 Å². The van der Waals surface area contributed by atoms with Gasteiger partial charge in [-0.2, -0.15) is 5.26 Å². The number of benzene rings is 1. The summed E-state index contributed by atoms with van der Waals surface area (Å²) in [5.41, 5.74) is 1.29. The lowest BCUT2D eigenvalue weighted by Gasteiger charge is -2.33. The summed E-state index contributed by atoms with van der Waals surface area (Å²) < 4.78 is 0. The van der Waals surface area contributed by atoms with Crippen molar-refractivity contribution in [1.29, 1.82) is 5.26 Å². The van der Waals surface area contributed by atoms with Gasteiger partial charge >= 0.3 is 0 Å². The zero-order chi connectivity index (χ0) is 19.1. The zero-order valence-corrected chi connectivity index (χ0v) is 17.2. The minimum Gasteiger partial charge on any atom is -0.293 e. The summed E-state index contributed by atoms with van der Waals surface area (Å²) in [5, 5.41) is 9.10. The van der Waals surface area contributed by atoms with E-state index in [1.165, 1.54) is 12.8 Å².